The summed E-state index contributed by atoms with van der Waals surface area (Å²) in [6.45, 7) is 3.57. The highest BCUT2D eigenvalue weighted by Crippen LogP contribution is 2.15. The van der Waals surface area contributed by atoms with Crippen molar-refractivity contribution >= 4 is 10.2 Å². The lowest BCUT2D eigenvalue weighted by molar-refractivity contribution is 0.422. The molecular weight excluding hydrogens is 202 g/mol. The molecule has 0 heterocycles. The molecule has 0 aliphatic carbocycles. The highest BCUT2D eigenvalue weighted by atomic mass is 32.2. The minimum atomic E-state index is -3.53. The second-order valence-corrected chi connectivity index (χ2v) is 5.18. The Bertz CT molecular complexity index is 312. The molecule has 0 fully saturated rings. The zero-order valence-electron chi connectivity index (χ0n) is 9.03. The molecule has 5 nitrogen and oxygen atoms in total. The van der Waals surface area contributed by atoms with E-state index in [2.05, 4.69) is 4.72 Å². The van der Waals surface area contributed by atoms with E-state index in [1.54, 1.807) is 13.8 Å². The molecule has 0 saturated carbocycles. The summed E-state index contributed by atoms with van der Waals surface area (Å²) < 4.78 is 26.4. The second kappa shape index (κ2) is 4.73. The van der Waals surface area contributed by atoms with Gasteiger partial charge in [-0.3, -0.25) is 0 Å². The number of hydrogen-bond acceptors (Lipinski definition) is 3. The molecule has 0 spiro atoms. The van der Waals surface area contributed by atoms with E-state index in [9.17, 15) is 8.42 Å². The Morgan fingerprint density at radius 1 is 1.36 bits per heavy atom. The van der Waals surface area contributed by atoms with E-state index in [0.29, 0.717) is 12.8 Å². The van der Waals surface area contributed by atoms with Crippen LogP contribution in [0.5, 0.6) is 0 Å². The summed E-state index contributed by atoms with van der Waals surface area (Å²) in [4.78, 5) is 0. The Balaban J connectivity index is 4.90. The first-order valence-corrected chi connectivity index (χ1v) is 5.90. The van der Waals surface area contributed by atoms with Crippen LogP contribution in [0.15, 0.2) is 0 Å². The van der Waals surface area contributed by atoms with Crippen LogP contribution >= 0.6 is 0 Å². The maximum Gasteiger partial charge on any atom is 0.280 e. The van der Waals surface area contributed by atoms with Crippen molar-refractivity contribution < 1.29 is 8.42 Å². The molecule has 0 saturated heterocycles. The number of nitriles is 1. The van der Waals surface area contributed by atoms with Crippen LogP contribution in [-0.4, -0.2) is 32.4 Å². The van der Waals surface area contributed by atoms with Crippen LogP contribution in [0, 0.1) is 11.3 Å². The fourth-order valence-electron chi connectivity index (χ4n) is 0.913. The fraction of sp³-hybridized carbons (Fsp3) is 0.875. The summed E-state index contributed by atoms with van der Waals surface area (Å²) in [5, 5.41) is 8.93. The van der Waals surface area contributed by atoms with Crippen LogP contribution in [0.2, 0.25) is 0 Å². The van der Waals surface area contributed by atoms with Gasteiger partial charge in [-0.2, -0.15) is 22.7 Å². The average molecular weight is 219 g/mol. The highest BCUT2D eigenvalue weighted by molar-refractivity contribution is 7.87. The Hall–Kier alpha value is -0.640. The third-order valence-corrected chi connectivity index (χ3v) is 3.84. The van der Waals surface area contributed by atoms with Crippen LogP contribution in [0.1, 0.15) is 26.7 Å². The van der Waals surface area contributed by atoms with E-state index in [0.717, 1.165) is 4.31 Å². The molecule has 0 aromatic heterocycles. The summed E-state index contributed by atoms with van der Waals surface area (Å²) >= 11 is 0. The van der Waals surface area contributed by atoms with Crippen molar-refractivity contribution in [3.63, 3.8) is 0 Å². The smallest absolute Gasteiger partial charge is 0.196 e. The van der Waals surface area contributed by atoms with Gasteiger partial charge in [0, 0.05) is 14.1 Å². The third kappa shape index (κ3) is 2.94. The summed E-state index contributed by atoms with van der Waals surface area (Å²) in [6, 6.07) is 2.01. The molecule has 0 aromatic rings. The topological polar surface area (TPSA) is 73.2 Å². The van der Waals surface area contributed by atoms with Crippen molar-refractivity contribution in [3.8, 4) is 6.07 Å². The second-order valence-electron chi connectivity index (χ2n) is 3.29. The van der Waals surface area contributed by atoms with E-state index < -0.39 is 15.7 Å². The van der Waals surface area contributed by atoms with Crippen LogP contribution in [0.3, 0.4) is 0 Å². The molecule has 0 aliphatic heterocycles. The van der Waals surface area contributed by atoms with E-state index in [1.807, 2.05) is 6.07 Å². The van der Waals surface area contributed by atoms with E-state index in [4.69, 9.17) is 5.26 Å². The number of nitrogens with one attached hydrogen (secondary N) is 1. The molecule has 0 aliphatic rings. The summed E-state index contributed by atoms with van der Waals surface area (Å²) in [5.41, 5.74) is -0.983. The Labute approximate surface area is 85.9 Å². The minimum Gasteiger partial charge on any atom is -0.196 e. The number of hydrogen-bond donors (Lipinski definition) is 1. The zero-order valence-corrected chi connectivity index (χ0v) is 9.85. The molecule has 6 heteroatoms. The molecule has 14 heavy (non-hydrogen) atoms. The fourth-order valence-corrected chi connectivity index (χ4v) is 1.92. The van der Waals surface area contributed by atoms with Crippen LogP contribution in [-0.2, 0) is 10.2 Å². The van der Waals surface area contributed by atoms with Crippen molar-refractivity contribution in [2.45, 2.75) is 32.2 Å². The average Bonchev–Trinajstić information content (AvgIpc) is 2.14. The van der Waals surface area contributed by atoms with Gasteiger partial charge in [-0.1, -0.05) is 13.8 Å². The first-order chi connectivity index (χ1) is 6.33. The molecule has 0 bridgehead atoms. The first-order valence-electron chi connectivity index (χ1n) is 4.46. The van der Waals surface area contributed by atoms with Crippen molar-refractivity contribution in [2.75, 3.05) is 14.1 Å². The minimum absolute atomic E-state index is 0.451. The Morgan fingerprint density at radius 3 is 2.00 bits per heavy atom. The quantitative estimate of drug-likeness (QED) is 0.730. The van der Waals surface area contributed by atoms with E-state index in [1.165, 1.54) is 14.1 Å². The summed E-state index contributed by atoms with van der Waals surface area (Å²) in [6.07, 6.45) is 0.903. The predicted molar refractivity (Wildman–Crippen MR) is 54.7 cm³/mol. The van der Waals surface area contributed by atoms with Crippen LogP contribution in [0.4, 0.5) is 0 Å². The van der Waals surface area contributed by atoms with Gasteiger partial charge < -0.3 is 0 Å². The molecule has 1 N–H and O–H groups in total. The SMILES string of the molecule is CCC(C#N)(CC)NS(=O)(=O)N(C)C. The van der Waals surface area contributed by atoms with Gasteiger partial charge in [-0.25, -0.2) is 0 Å². The zero-order chi connectivity index (χ0) is 11.4. The third-order valence-electron chi connectivity index (χ3n) is 2.23. The van der Waals surface area contributed by atoms with Gasteiger partial charge in [0.1, 0.15) is 5.54 Å². The van der Waals surface area contributed by atoms with Crippen molar-refractivity contribution in [3.05, 3.63) is 0 Å². The van der Waals surface area contributed by atoms with Gasteiger partial charge in [0.2, 0.25) is 0 Å². The molecule has 0 atom stereocenters. The Morgan fingerprint density at radius 2 is 1.79 bits per heavy atom. The van der Waals surface area contributed by atoms with Gasteiger partial charge in [0.05, 0.1) is 6.07 Å². The normalized spacial score (nSPS) is 12.9. The number of nitrogens with zero attached hydrogens (tertiary/aromatic N) is 2. The van der Waals surface area contributed by atoms with E-state index >= 15 is 0 Å². The summed E-state index contributed by atoms with van der Waals surface area (Å²) in [7, 11) is -0.679. The molecule has 0 radical (unpaired) electrons. The predicted octanol–water partition coefficient (Wildman–Crippen LogP) is 0.465. The van der Waals surface area contributed by atoms with Gasteiger partial charge >= 0.3 is 0 Å². The van der Waals surface area contributed by atoms with Gasteiger partial charge in [0.15, 0.2) is 0 Å². The van der Waals surface area contributed by atoms with Crippen molar-refractivity contribution in [1.82, 2.24) is 9.03 Å². The van der Waals surface area contributed by atoms with Crippen molar-refractivity contribution in [1.29, 1.82) is 5.26 Å². The van der Waals surface area contributed by atoms with Gasteiger partial charge in [0.25, 0.3) is 10.2 Å². The molecule has 0 amide bonds. The number of rotatable bonds is 5. The first kappa shape index (κ1) is 13.4. The largest absolute Gasteiger partial charge is 0.280 e. The Kier molecular flexibility index (Phi) is 4.52. The highest BCUT2D eigenvalue weighted by Gasteiger charge is 2.32. The molecule has 0 unspecified atom stereocenters. The monoisotopic (exact) mass is 219 g/mol. The summed E-state index contributed by atoms with van der Waals surface area (Å²) in [5.74, 6) is 0. The van der Waals surface area contributed by atoms with Crippen LogP contribution in [0.25, 0.3) is 0 Å². The van der Waals surface area contributed by atoms with E-state index in [-0.39, 0.29) is 0 Å². The lowest BCUT2D eigenvalue weighted by Gasteiger charge is -2.26. The lowest BCUT2D eigenvalue weighted by Crippen LogP contribution is -2.50. The standard InChI is InChI=1S/C8H17N3O2S/c1-5-8(6-2,7-9)10-14(12,13)11(3)4/h10H,5-6H2,1-4H3. The van der Waals surface area contributed by atoms with Crippen LogP contribution < -0.4 is 4.72 Å². The van der Waals surface area contributed by atoms with Gasteiger partial charge in [-0.15, -0.1) is 0 Å². The molecule has 0 aromatic carbocycles. The van der Waals surface area contributed by atoms with Crippen molar-refractivity contribution in [2.24, 2.45) is 0 Å². The maximum atomic E-state index is 11.5. The van der Waals surface area contributed by atoms with Gasteiger partial charge in [-0.05, 0) is 12.8 Å². The molecular formula is C8H17N3O2S. The lowest BCUT2D eigenvalue weighted by atomic mass is 9.97. The molecule has 82 valence electrons. The maximum absolute atomic E-state index is 11.5. The molecule has 0 rings (SSSR count).